The molecule has 2 heterocycles. The average molecular weight is 685 g/mol. The van der Waals surface area contributed by atoms with Gasteiger partial charge in [-0.2, -0.15) is 0 Å². The van der Waals surface area contributed by atoms with Crippen LogP contribution in [-0.4, -0.2) is 51.8 Å². The van der Waals surface area contributed by atoms with Gasteiger partial charge in [0.2, 0.25) is 12.4 Å². The van der Waals surface area contributed by atoms with E-state index in [4.69, 9.17) is 32.9 Å². The largest absolute Gasteiger partial charge is 0.383 e. The summed E-state index contributed by atoms with van der Waals surface area (Å²) in [6.45, 7) is 6.95. The van der Waals surface area contributed by atoms with Gasteiger partial charge in [-0.15, -0.1) is 0 Å². The van der Waals surface area contributed by atoms with Crippen LogP contribution in [-0.2, 0) is 0 Å². The highest BCUT2D eigenvalue weighted by Gasteiger charge is 2.16. The lowest BCUT2D eigenvalue weighted by atomic mass is 10.1. The Morgan fingerprint density at radius 1 is 0.574 bits per heavy atom. The minimum Gasteiger partial charge on any atom is -0.383 e. The molecule has 0 spiro atoms. The molecule has 2 aromatic heterocycles. The van der Waals surface area contributed by atoms with Gasteiger partial charge in [0.1, 0.15) is 14.2 Å². The quantitative estimate of drug-likeness (QED) is 0.0606. The normalized spacial score (nSPS) is 11.4. The highest BCUT2D eigenvalue weighted by Crippen LogP contribution is 2.25. The standard InChI is InChI=1S/C38H53Cl2N5O2/c1-4-5-6-7-8-9-10-11-12-13-14-15-24-43(27-22-41-35-20-25-44(46-2)37-29-31(39)16-18-33(35)37)28-23-42-36-21-26-45(47-3)38-30-32(40)17-19-34(36)38/h16-21,25-26,29-30H,4-15,22-24,27-28H2,1-3H3/p+2. The topological polar surface area (TPSA) is 53.5 Å². The van der Waals surface area contributed by atoms with Gasteiger partial charge >= 0.3 is 0 Å². The van der Waals surface area contributed by atoms with E-state index in [-0.39, 0.29) is 0 Å². The molecular weight excluding hydrogens is 629 g/mol. The Morgan fingerprint density at radius 3 is 1.43 bits per heavy atom. The predicted octanol–water partition coefficient (Wildman–Crippen LogP) is 8.52. The fraction of sp³-hybridized carbons (Fsp3) is 0.526. The molecule has 0 unspecified atom stereocenters. The highest BCUT2D eigenvalue weighted by atomic mass is 35.5. The van der Waals surface area contributed by atoms with Crippen LogP contribution in [0.15, 0.2) is 60.9 Å². The van der Waals surface area contributed by atoms with Gasteiger partial charge in [0.25, 0.3) is 11.0 Å². The third-order valence-electron chi connectivity index (χ3n) is 8.94. The first-order valence-corrected chi connectivity index (χ1v) is 18.4. The Labute approximate surface area is 292 Å². The van der Waals surface area contributed by atoms with Gasteiger partial charge in [0.15, 0.2) is 0 Å². The smallest absolute Gasteiger partial charge is 0.268 e. The number of anilines is 2. The van der Waals surface area contributed by atoms with E-state index in [2.05, 4.69) is 34.6 Å². The Hall–Kier alpha value is -3.00. The maximum Gasteiger partial charge on any atom is 0.268 e. The molecule has 0 saturated heterocycles. The van der Waals surface area contributed by atoms with Crippen LogP contribution < -0.4 is 29.8 Å². The second-order valence-electron chi connectivity index (χ2n) is 12.4. The summed E-state index contributed by atoms with van der Waals surface area (Å²) in [5, 5.41) is 10.9. The molecule has 0 atom stereocenters. The van der Waals surface area contributed by atoms with Gasteiger partial charge < -0.3 is 10.6 Å². The van der Waals surface area contributed by atoms with E-state index in [9.17, 15) is 0 Å². The van der Waals surface area contributed by atoms with Crippen LogP contribution in [0.4, 0.5) is 11.4 Å². The zero-order valence-electron chi connectivity index (χ0n) is 28.7. The van der Waals surface area contributed by atoms with Crippen molar-refractivity contribution >= 4 is 56.4 Å². The van der Waals surface area contributed by atoms with Crippen molar-refractivity contribution in [3.05, 3.63) is 71.0 Å². The van der Waals surface area contributed by atoms with Crippen LogP contribution in [0.3, 0.4) is 0 Å². The summed E-state index contributed by atoms with van der Waals surface area (Å²) in [5.41, 5.74) is 4.03. The SMILES string of the molecule is CCCCCCCCCCCCCCN(CCNc1cc[n+](OC)c2cc(Cl)ccc12)CCNc1cc[n+](OC)c2cc(Cl)ccc12. The number of nitrogens with one attached hydrogen (secondary N) is 2. The lowest BCUT2D eigenvalue weighted by Gasteiger charge is -2.23. The molecule has 0 amide bonds. The third-order valence-corrected chi connectivity index (χ3v) is 9.41. The number of unbranched alkanes of at least 4 members (excludes halogenated alkanes) is 11. The predicted molar refractivity (Wildman–Crippen MR) is 198 cm³/mol. The molecule has 4 rings (SSSR count). The summed E-state index contributed by atoms with van der Waals surface area (Å²) in [5.74, 6) is 0. The average Bonchev–Trinajstić information content (AvgIpc) is 3.08. The van der Waals surface area contributed by atoms with E-state index in [1.54, 1.807) is 23.7 Å². The number of fused-ring (bicyclic) bond motifs is 2. The van der Waals surface area contributed by atoms with Crippen molar-refractivity contribution < 1.29 is 19.1 Å². The lowest BCUT2D eigenvalue weighted by Crippen LogP contribution is -2.41. The molecule has 256 valence electrons. The first-order chi connectivity index (χ1) is 23.0. The van der Waals surface area contributed by atoms with Crippen molar-refractivity contribution in [2.24, 2.45) is 0 Å². The molecule has 2 aromatic carbocycles. The molecule has 4 aromatic rings. The number of halogens is 2. The van der Waals surface area contributed by atoms with Gasteiger partial charge in [-0.3, -0.25) is 14.6 Å². The number of hydrogen-bond donors (Lipinski definition) is 2. The van der Waals surface area contributed by atoms with Gasteiger partial charge in [-0.25, -0.2) is 0 Å². The summed E-state index contributed by atoms with van der Waals surface area (Å²) in [6.07, 6.45) is 20.2. The zero-order chi connectivity index (χ0) is 33.3. The molecule has 9 heteroatoms. The van der Waals surface area contributed by atoms with Crippen molar-refractivity contribution in [1.82, 2.24) is 4.90 Å². The van der Waals surface area contributed by atoms with Crippen molar-refractivity contribution in [1.29, 1.82) is 0 Å². The third kappa shape index (κ3) is 11.6. The Bertz CT molecular complexity index is 1420. The van der Waals surface area contributed by atoms with Crippen LogP contribution in [0.5, 0.6) is 0 Å². The van der Waals surface area contributed by atoms with Crippen LogP contribution in [0.2, 0.25) is 10.0 Å². The lowest BCUT2D eigenvalue weighted by molar-refractivity contribution is -0.865. The van der Waals surface area contributed by atoms with Gasteiger partial charge in [0.05, 0.1) is 22.1 Å². The Balaban J connectivity index is 1.30. The van der Waals surface area contributed by atoms with Crippen LogP contribution in [0.1, 0.15) is 84.0 Å². The van der Waals surface area contributed by atoms with Crippen molar-refractivity contribution in [2.45, 2.75) is 84.0 Å². The van der Waals surface area contributed by atoms with E-state index in [0.29, 0.717) is 10.0 Å². The van der Waals surface area contributed by atoms with Crippen molar-refractivity contribution in [3.63, 3.8) is 0 Å². The zero-order valence-corrected chi connectivity index (χ0v) is 30.2. The maximum absolute atomic E-state index is 6.30. The van der Waals surface area contributed by atoms with Gasteiger partial charge in [-0.1, -0.05) is 101 Å². The Kier molecular flexibility index (Phi) is 16.0. The molecule has 0 aliphatic rings. The molecule has 2 N–H and O–H groups in total. The van der Waals surface area contributed by atoms with E-state index in [1.165, 1.54) is 77.0 Å². The monoisotopic (exact) mass is 683 g/mol. The van der Waals surface area contributed by atoms with Crippen LogP contribution in [0.25, 0.3) is 21.8 Å². The molecule has 0 fully saturated rings. The van der Waals surface area contributed by atoms with Crippen LogP contribution >= 0.6 is 23.2 Å². The summed E-state index contributed by atoms with van der Waals surface area (Å²) < 4.78 is 3.49. The van der Waals surface area contributed by atoms with E-state index >= 15 is 0 Å². The summed E-state index contributed by atoms with van der Waals surface area (Å²) in [7, 11) is 3.33. The molecule has 0 radical (unpaired) electrons. The highest BCUT2D eigenvalue weighted by molar-refractivity contribution is 6.31. The summed E-state index contributed by atoms with van der Waals surface area (Å²) in [6, 6.07) is 16.0. The molecule has 0 saturated carbocycles. The molecule has 47 heavy (non-hydrogen) atoms. The second-order valence-corrected chi connectivity index (χ2v) is 13.3. The molecule has 0 aliphatic heterocycles. The van der Waals surface area contributed by atoms with E-state index in [1.807, 2.05) is 48.8 Å². The number of aromatic nitrogens is 2. The Morgan fingerprint density at radius 2 is 1.00 bits per heavy atom. The molecule has 0 aliphatic carbocycles. The second kappa shape index (κ2) is 20.4. The van der Waals surface area contributed by atoms with Crippen LogP contribution in [0, 0.1) is 0 Å². The van der Waals surface area contributed by atoms with Gasteiger partial charge in [0, 0.05) is 70.0 Å². The summed E-state index contributed by atoms with van der Waals surface area (Å²) in [4.78, 5) is 13.6. The van der Waals surface area contributed by atoms with Crippen molar-refractivity contribution in [3.8, 4) is 0 Å². The number of pyridine rings is 2. The fourth-order valence-corrected chi connectivity index (χ4v) is 6.62. The minimum absolute atomic E-state index is 0.688. The molecular formula is C38H55Cl2N5O2+2. The molecule has 7 nitrogen and oxygen atoms in total. The number of benzene rings is 2. The number of hydrogen-bond acceptors (Lipinski definition) is 5. The maximum atomic E-state index is 6.30. The minimum atomic E-state index is 0.688. The van der Waals surface area contributed by atoms with Gasteiger partial charge in [-0.05, 0) is 37.2 Å². The van der Waals surface area contributed by atoms with E-state index in [0.717, 1.165) is 65.9 Å². The first-order valence-electron chi connectivity index (χ1n) is 17.6. The fourth-order valence-electron chi connectivity index (χ4n) is 6.29. The first kappa shape index (κ1) is 36.8. The summed E-state index contributed by atoms with van der Waals surface area (Å²) >= 11 is 12.6. The molecule has 0 bridgehead atoms. The number of rotatable bonds is 23. The van der Waals surface area contributed by atoms with E-state index < -0.39 is 0 Å². The number of nitrogens with zero attached hydrogens (tertiary/aromatic N) is 3. The van der Waals surface area contributed by atoms with Crippen molar-refractivity contribution in [2.75, 3.05) is 57.6 Å².